The molecule has 1 unspecified atom stereocenters. The Kier molecular flexibility index (Phi) is 4.09. The van der Waals surface area contributed by atoms with Crippen LogP contribution in [0.3, 0.4) is 0 Å². The first-order valence-electron chi connectivity index (χ1n) is 5.76. The Bertz CT molecular complexity index is 516. The van der Waals surface area contributed by atoms with Crippen LogP contribution in [0.5, 0.6) is 0 Å². The molecule has 1 heterocycles. The van der Waals surface area contributed by atoms with Gasteiger partial charge in [-0.3, -0.25) is 0 Å². The third kappa shape index (κ3) is 3.15. The van der Waals surface area contributed by atoms with E-state index in [1.807, 2.05) is 14.0 Å². The summed E-state index contributed by atoms with van der Waals surface area (Å²) in [6.07, 6.45) is 0.571. The van der Waals surface area contributed by atoms with E-state index in [-0.39, 0.29) is 6.04 Å². The molecular weight excluding hydrogens is 252 g/mol. The van der Waals surface area contributed by atoms with Crippen molar-refractivity contribution in [2.45, 2.75) is 19.4 Å². The molecule has 0 aliphatic rings. The van der Waals surface area contributed by atoms with Crippen LogP contribution in [-0.4, -0.2) is 7.05 Å². The Morgan fingerprint density at radius 1 is 1.17 bits per heavy atom. The maximum atomic E-state index is 13.1. The Balaban J connectivity index is 2.20. The van der Waals surface area contributed by atoms with Crippen LogP contribution < -0.4 is 5.32 Å². The molecule has 0 saturated carbocycles. The number of hydrogen-bond donors (Lipinski definition) is 1. The van der Waals surface area contributed by atoms with Crippen LogP contribution in [0, 0.1) is 18.6 Å². The van der Waals surface area contributed by atoms with E-state index in [2.05, 4.69) is 16.8 Å². The topological polar surface area (TPSA) is 12.0 Å². The fraction of sp³-hybridized carbons (Fsp3) is 0.286. The highest BCUT2D eigenvalue weighted by atomic mass is 32.1. The van der Waals surface area contributed by atoms with Crippen molar-refractivity contribution in [2.75, 3.05) is 7.05 Å². The third-order valence-corrected chi connectivity index (χ3v) is 3.74. The zero-order valence-electron chi connectivity index (χ0n) is 10.3. The van der Waals surface area contributed by atoms with Crippen molar-refractivity contribution in [1.29, 1.82) is 0 Å². The smallest absolute Gasteiger partial charge is 0.126 e. The molecule has 0 aliphatic carbocycles. The Hall–Kier alpha value is -1.26. The predicted octanol–water partition coefficient (Wildman–Crippen LogP) is 3.84. The van der Waals surface area contributed by atoms with Gasteiger partial charge >= 0.3 is 0 Å². The van der Waals surface area contributed by atoms with Gasteiger partial charge in [-0.2, -0.15) is 0 Å². The van der Waals surface area contributed by atoms with Crippen molar-refractivity contribution in [3.63, 3.8) is 0 Å². The van der Waals surface area contributed by atoms with Gasteiger partial charge in [0.2, 0.25) is 0 Å². The highest BCUT2D eigenvalue weighted by molar-refractivity contribution is 7.10. The van der Waals surface area contributed by atoms with Gasteiger partial charge in [-0.25, -0.2) is 8.78 Å². The zero-order chi connectivity index (χ0) is 13.1. The molecule has 96 valence electrons. The normalized spacial score (nSPS) is 12.7. The van der Waals surface area contributed by atoms with Crippen molar-refractivity contribution in [1.82, 2.24) is 5.32 Å². The monoisotopic (exact) mass is 267 g/mol. The lowest BCUT2D eigenvalue weighted by Gasteiger charge is -2.15. The SMILES string of the molecule is CNC(Cc1cc(F)cc(F)c1)c1csc(C)c1. The van der Waals surface area contributed by atoms with Crippen LogP contribution >= 0.6 is 11.3 Å². The summed E-state index contributed by atoms with van der Waals surface area (Å²) < 4.78 is 26.3. The van der Waals surface area contributed by atoms with Gasteiger partial charge in [-0.05, 0) is 55.1 Å². The van der Waals surface area contributed by atoms with E-state index in [9.17, 15) is 8.78 Å². The van der Waals surface area contributed by atoms with Crippen LogP contribution in [-0.2, 0) is 6.42 Å². The van der Waals surface area contributed by atoms with E-state index in [1.165, 1.54) is 17.0 Å². The molecule has 0 fully saturated rings. The summed E-state index contributed by atoms with van der Waals surface area (Å²) in [6, 6.07) is 5.84. The van der Waals surface area contributed by atoms with Crippen molar-refractivity contribution in [2.24, 2.45) is 0 Å². The second-order valence-electron chi connectivity index (χ2n) is 4.31. The summed E-state index contributed by atoms with van der Waals surface area (Å²) in [7, 11) is 1.85. The average Bonchev–Trinajstić information content (AvgIpc) is 2.71. The van der Waals surface area contributed by atoms with Gasteiger partial charge in [-0.1, -0.05) is 0 Å². The highest BCUT2D eigenvalue weighted by Crippen LogP contribution is 2.24. The molecule has 0 saturated heterocycles. The minimum Gasteiger partial charge on any atom is -0.313 e. The Morgan fingerprint density at radius 3 is 2.33 bits per heavy atom. The third-order valence-electron chi connectivity index (χ3n) is 2.86. The first-order valence-corrected chi connectivity index (χ1v) is 6.63. The minimum absolute atomic E-state index is 0.0798. The zero-order valence-corrected chi connectivity index (χ0v) is 11.2. The summed E-state index contributed by atoms with van der Waals surface area (Å²) in [6.45, 7) is 2.04. The fourth-order valence-corrected chi connectivity index (χ4v) is 2.76. The molecule has 2 aromatic rings. The van der Waals surface area contributed by atoms with E-state index in [0.717, 1.165) is 11.6 Å². The maximum absolute atomic E-state index is 13.1. The lowest BCUT2D eigenvalue weighted by Crippen LogP contribution is -2.18. The molecule has 1 atom stereocenters. The van der Waals surface area contributed by atoms with Crippen LogP contribution in [0.4, 0.5) is 8.78 Å². The molecule has 4 heteroatoms. The predicted molar refractivity (Wildman–Crippen MR) is 70.9 cm³/mol. The van der Waals surface area contributed by atoms with Gasteiger partial charge < -0.3 is 5.32 Å². The van der Waals surface area contributed by atoms with Gasteiger partial charge in [0.25, 0.3) is 0 Å². The molecule has 1 N–H and O–H groups in total. The van der Waals surface area contributed by atoms with E-state index in [1.54, 1.807) is 11.3 Å². The number of hydrogen-bond acceptors (Lipinski definition) is 2. The quantitative estimate of drug-likeness (QED) is 0.887. The van der Waals surface area contributed by atoms with Gasteiger partial charge in [-0.15, -0.1) is 11.3 Å². The second kappa shape index (κ2) is 5.59. The number of halogens is 2. The number of rotatable bonds is 4. The number of nitrogens with one attached hydrogen (secondary N) is 1. The fourth-order valence-electron chi connectivity index (χ4n) is 2.00. The Morgan fingerprint density at radius 2 is 1.83 bits per heavy atom. The van der Waals surface area contributed by atoms with Crippen molar-refractivity contribution in [3.05, 3.63) is 57.3 Å². The van der Waals surface area contributed by atoms with Gasteiger partial charge in [0.05, 0.1) is 0 Å². The number of aryl methyl sites for hydroxylation is 1. The second-order valence-corrected chi connectivity index (χ2v) is 5.43. The van der Waals surface area contributed by atoms with Gasteiger partial charge in [0, 0.05) is 17.0 Å². The molecule has 0 bridgehead atoms. The van der Waals surface area contributed by atoms with Gasteiger partial charge in [0.1, 0.15) is 11.6 Å². The number of benzene rings is 1. The van der Waals surface area contributed by atoms with Crippen LogP contribution in [0.2, 0.25) is 0 Å². The molecule has 2 rings (SSSR count). The molecule has 1 aromatic carbocycles. The van der Waals surface area contributed by atoms with Crippen molar-refractivity contribution >= 4 is 11.3 Å². The minimum atomic E-state index is -0.527. The van der Waals surface area contributed by atoms with E-state index >= 15 is 0 Å². The largest absolute Gasteiger partial charge is 0.313 e. The van der Waals surface area contributed by atoms with Crippen LogP contribution in [0.25, 0.3) is 0 Å². The molecular formula is C14H15F2NS. The molecule has 1 nitrogen and oxygen atoms in total. The first-order chi connectivity index (χ1) is 8.58. The standard InChI is InChI=1S/C14H15F2NS/c1-9-3-11(8-18-9)14(17-2)6-10-4-12(15)7-13(16)5-10/h3-5,7-8,14,17H,6H2,1-2H3. The molecule has 0 amide bonds. The average molecular weight is 267 g/mol. The lowest BCUT2D eigenvalue weighted by atomic mass is 10.0. The molecule has 18 heavy (non-hydrogen) atoms. The van der Waals surface area contributed by atoms with Crippen molar-refractivity contribution in [3.8, 4) is 0 Å². The Labute approximate surface area is 109 Å². The summed E-state index contributed by atoms with van der Waals surface area (Å²) in [5.74, 6) is -1.05. The van der Waals surface area contributed by atoms with E-state index in [0.29, 0.717) is 12.0 Å². The van der Waals surface area contributed by atoms with Crippen LogP contribution in [0.1, 0.15) is 22.0 Å². The summed E-state index contributed by atoms with van der Waals surface area (Å²) in [5.41, 5.74) is 1.82. The van der Waals surface area contributed by atoms with E-state index < -0.39 is 11.6 Å². The molecule has 0 radical (unpaired) electrons. The summed E-state index contributed by atoms with van der Waals surface area (Å²) in [5, 5.41) is 5.26. The lowest BCUT2D eigenvalue weighted by molar-refractivity contribution is 0.562. The first kappa shape index (κ1) is 13.2. The number of thiophene rings is 1. The van der Waals surface area contributed by atoms with Gasteiger partial charge in [0.15, 0.2) is 0 Å². The summed E-state index contributed by atoms with van der Waals surface area (Å²) in [4.78, 5) is 1.23. The highest BCUT2D eigenvalue weighted by Gasteiger charge is 2.12. The summed E-state index contributed by atoms with van der Waals surface area (Å²) >= 11 is 1.68. The number of likely N-dealkylation sites (N-methyl/N-ethyl adjacent to an activating group) is 1. The maximum Gasteiger partial charge on any atom is 0.126 e. The molecule has 0 aliphatic heterocycles. The molecule has 1 aromatic heterocycles. The van der Waals surface area contributed by atoms with Crippen LogP contribution in [0.15, 0.2) is 29.6 Å². The van der Waals surface area contributed by atoms with E-state index in [4.69, 9.17) is 0 Å². The molecule has 0 spiro atoms. The van der Waals surface area contributed by atoms with Crippen molar-refractivity contribution < 1.29 is 8.78 Å².